The molecule has 0 saturated heterocycles. The minimum atomic E-state index is -0.776. The number of nitrogens with one attached hydrogen (secondary N) is 1. The second-order valence-corrected chi connectivity index (χ2v) is 13.0. The zero-order valence-electron chi connectivity index (χ0n) is 23.2. The quantitative estimate of drug-likeness (QED) is 0.418. The van der Waals surface area contributed by atoms with Crippen molar-refractivity contribution in [1.29, 1.82) is 0 Å². The van der Waals surface area contributed by atoms with Gasteiger partial charge in [0.05, 0.1) is 6.04 Å². The maximum atomic E-state index is 14.0. The van der Waals surface area contributed by atoms with Gasteiger partial charge < -0.3 is 10.4 Å². The van der Waals surface area contributed by atoms with Gasteiger partial charge in [0.2, 0.25) is 5.91 Å². The molecule has 204 valence electrons. The lowest BCUT2D eigenvalue weighted by Crippen LogP contribution is -2.51. The summed E-state index contributed by atoms with van der Waals surface area (Å²) in [7, 11) is 0. The fourth-order valence-electron chi connectivity index (χ4n) is 8.98. The Morgan fingerprint density at radius 2 is 1.67 bits per heavy atom. The van der Waals surface area contributed by atoms with Crippen LogP contribution in [0, 0.1) is 34.5 Å². The Labute approximate surface area is 232 Å². The van der Waals surface area contributed by atoms with Crippen LogP contribution >= 0.6 is 0 Å². The van der Waals surface area contributed by atoms with Crippen molar-refractivity contribution in [3.8, 4) is 0 Å². The molecule has 0 spiro atoms. The number of amides is 1. The summed E-state index contributed by atoms with van der Waals surface area (Å²) >= 11 is 0. The number of benzene rings is 2. The molecule has 1 amide bonds. The lowest BCUT2D eigenvalue weighted by molar-refractivity contribution is -0.133. The Morgan fingerprint density at radius 1 is 0.949 bits per heavy atom. The van der Waals surface area contributed by atoms with Gasteiger partial charge in [-0.3, -0.25) is 4.79 Å². The van der Waals surface area contributed by atoms with Crippen LogP contribution in [0.2, 0.25) is 0 Å². The van der Waals surface area contributed by atoms with Crippen molar-refractivity contribution in [3.63, 3.8) is 0 Å². The topological polar surface area (TPSA) is 66.4 Å². The normalized spacial score (nSPS) is 34.0. The molecule has 0 bridgehead atoms. The Kier molecular flexibility index (Phi) is 6.77. The molecular weight excluding hydrogens is 482 g/mol. The predicted molar refractivity (Wildman–Crippen MR) is 154 cm³/mol. The van der Waals surface area contributed by atoms with Gasteiger partial charge in [-0.05, 0) is 103 Å². The first-order valence-electron chi connectivity index (χ1n) is 14.8. The van der Waals surface area contributed by atoms with Crippen LogP contribution in [0.3, 0.4) is 0 Å². The molecule has 4 aliphatic rings. The number of allylic oxidation sites excluding steroid dienone is 3. The van der Waals surface area contributed by atoms with Gasteiger partial charge in [0.25, 0.3) is 0 Å². The van der Waals surface area contributed by atoms with Crippen LogP contribution in [-0.4, -0.2) is 17.0 Å². The second kappa shape index (κ2) is 10.1. The predicted octanol–water partition coefficient (Wildman–Crippen LogP) is 7.29. The van der Waals surface area contributed by atoms with Gasteiger partial charge in [-0.1, -0.05) is 80.6 Å². The number of carboxylic acid groups (broad SMARTS) is 1. The summed E-state index contributed by atoms with van der Waals surface area (Å²) in [5.41, 5.74) is 4.25. The fourth-order valence-corrected chi connectivity index (χ4v) is 8.98. The second-order valence-electron chi connectivity index (χ2n) is 13.0. The van der Waals surface area contributed by atoms with E-state index in [1.807, 2.05) is 18.2 Å². The van der Waals surface area contributed by atoms with E-state index in [0.29, 0.717) is 29.7 Å². The average Bonchev–Trinajstić information content (AvgIpc) is 3.30. The molecule has 6 rings (SSSR count). The van der Waals surface area contributed by atoms with E-state index in [4.69, 9.17) is 0 Å². The molecule has 2 fully saturated rings. The molecule has 7 atom stereocenters. The minimum Gasteiger partial charge on any atom is -0.478 e. The van der Waals surface area contributed by atoms with Gasteiger partial charge in [0.15, 0.2) is 0 Å². The maximum Gasteiger partial charge on any atom is 0.331 e. The van der Waals surface area contributed by atoms with Crippen LogP contribution in [0.4, 0.5) is 0 Å². The van der Waals surface area contributed by atoms with Crippen LogP contribution in [0.15, 0.2) is 84.0 Å². The first kappa shape index (κ1) is 26.1. The molecule has 2 unspecified atom stereocenters. The number of hydrogen-bond acceptors (Lipinski definition) is 2. The summed E-state index contributed by atoms with van der Waals surface area (Å²) in [4.78, 5) is 25.7. The van der Waals surface area contributed by atoms with Crippen LogP contribution in [0.5, 0.6) is 0 Å². The summed E-state index contributed by atoms with van der Waals surface area (Å²) < 4.78 is 0. The smallest absolute Gasteiger partial charge is 0.331 e. The molecule has 0 aromatic heterocycles. The van der Waals surface area contributed by atoms with Crippen LogP contribution < -0.4 is 5.32 Å². The molecule has 0 radical (unpaired) electrons. The molecule has 2 N–H and O–H groups in total. The highest BCUT2D eigenvalue weighted by Crippen LogP contribution is 2.66. The molecule has 2 aromatic rings. The molecule has 2 aromatic carbocycles. The number of carboxylic acids is 1. The molecular formula is C35H41NO3. The van der Waals surface area contributed by atoms with E-state index in [0.717, 1.165) is 50.5 Å². The number of rotatable bonds is 6. The summed E-state index contributed by atoms with van der Waals surface area (Å²) in [6, 6.07) is 20.8. The highest BCUT2D eigenvalue weighted by atomic mass is 16.4. The molecule has 4 heteroatoms. The lowest BCUT2D eigenvalue weighted by atomic mass is 9.48. The monoisotopic (exact) mass is 523 g/mol. The van der Waals surface area contributed by atoms with Crippen molar-refractivity contribution in [2.75, 3.05) is 0 Å². The maximum absolute atomic E-state index is 14.0. The van der Waals surface area contributed by atoms with E-state index in [1.54, 1.807) is 0 Å². The van der Waals surface area contributed by atoms with Crippen molar-refractivity contribution < 1.29 is 14.7 Å². The van der Waals surface area contributed by atoms with Gasteiger partial charge in [0.1, 0.15) is 0 Å². The van der Waals surface area contributed by atoms with Crippen molar-refractivity contribution in [2.45, 2.75) is 71.3 Å². The summed E-state index contributed by atoms with van der Waals surface area (Å²) in [6.07, 6.45) is 11.9. The number of carbonyl (C=O) groups excluding carboxylic acids is 1. The van der Waals surface area contributed by atoms with Gasteiger partial charge in [0, 0.05) is 11.5 Å². The number of carbonyl (C=O) groups is 2. The van der Waals surface area contributed by atoms with E-state index in [1.165, 1.54) is 11.1 Å². The Bertz CT molecular complexity index is 1300. The lowest BCUT2D eigenvalue weighted by Gasteiger charge is -2.57. The summed E-state index contributed by atoms with van der Waals surface area (Å²) in [5.74, 6) is 1.16. The van der Waals surface area contributed by atoms with Crippen LogP contribution in [0.1, 0.15) is 76.0 Å². The van der Waals surface area contributed by atoms with Crippen LogP contribution in [0.25, 0.3) is 0 Å². The highest BCUT2D eigenvalue weighted by Gasteiger charge is 2.59. The number of aliphatic carboxylic acids is 1. The third-order valence-corrected chi connectivity index (χ3v) is 11.2. The van der Waals surface area contributed by atoms with Crippen molar-refractivity contribution in [2.24, 2.45) is 34.5 Å². The van der Waals surface area contributed by atoms with Gasteiger partial charge in [-0.2, -0.15) is 0 Å². The fraction of sp³-hybridized carbons (Fsp3) is 0.486. The van der Waals surface area contributed by atoms with Crippen LogP contribution in [-0.2, 0) is 16.0 Å². The van der Waals surface area contributed by atoms with E-state index >= 15 is 0 Å². The van der Waals surface area contributed by atoms with Gasteiger partial charge in [-0.15, -0.1) is 0 Å². The zero-order chi connectivity index (χ0) is 27.2. The van der Waals surface area contributed by atoms with Crippen molar-refractivity contribution in [3.05, 3.63) is 95.1 Å². The van der Waals surface area contributed by atoms with Crippen molar-refractivity contribution >= 4 is 11.9 Å². The first-order valence-corrected chi connectivity index (χ1v) is 14.8. The highest BCUT2D eigenvalue weighted by molar-refractivity contribution is 5.87. The summed E-state index contributed by atoms with van der Waals surface area (Å²) in [5, 5.41) is 13.1. The largest absolute Gasteiger partial charge is 0.478 e. The molecule has 4 aliphatic carbocycles. The molecule has 2 saturated carbocycles. The Morgan fingerprint density at radius 3 is 2.38 bits per heavy atom. The van der Waals surface area contributed by atoms with E-state index in [-0.39, 0.29) is 28.7 Å². The minimum absolute atomic E-state index is 0.0116. The molecule has 4 nitrogen and oxygen atoms in total. The molecule has 0 heterocycles. The standard InChI is InChI=1S/C35H41NO3/c1-34-19-17-25(33(38)39)22-26(34)13-14-27-28-15-16-30(35(28,2)20-18-29(27)34)32(37)36-31(24-11-7-4-8-12-24)21-23-9-5-3-6-10-23/h3-13,22,27-31H,14-21H2,1-2H3,(H,36,37)(H,38,39)/t27-,28-,29-,30?,31?,34-,35-/m0/s1. The number of fused-ring (bicyclic) bond motifs is 5. The summed E-state index contributed by atoms with van der Waals surface area (Å²) in [6.45, 7) is 4.77. The zero-order valence-corrected chi connectivity index (χ0v) is 23.2. The van der Waals surface area contributed by atoms with E-state index in [2.05, 4.69) is 73.8 Å². The first-order chi connectivity index (χ1) is 18.8. The van der Waals surface area contributed by atoms with E-state index in [9.17, 15) is 14.7 Å². The third kappa shape index (κ3) is 4.56. The Balaban J connectivity index is 1.22. The number of hydrogen-bond donors (Lipinski definition) is 2. The average molecular weight is 524 g/mol. The van der Waals surface area contributed by atoms with Crippen molar-refractivity contribution in [1.82, 2.24) is 5.32 Å². The van der Waals surface area contributed by atoms with Gasteiger partial charge >= 0.3 is 5.97 Å². The molecule has 0 aliphatic heterocycles. The van der Waals surface area contributed by atoms with Gasteiger partial charge in [-0.25, -0.2) is 4.79 Å². The third-order valence-electron chi connectivity index (χ3n) is 11.2. The molecule has 39 heavy (non-hydrogen) atoms. The van der Waals surface area contributed by atoms with E-state index < -0.39 is 5.97 Å². The SMILES string of the molecule is C[C@]12CCC(C(=O)O)=CC1=CC[C@@H]1[C@@H]2CC[C@]2(C)C(C(=O)NC(Cc3ccccc3)c3ccccc3)CC[C@@H]12. The Hall–Kier alpha value is -3.14.